The fourth-order valence-corrected chi connectivity index (χ4v) is 5.22. The smallest absolute Gasteiger partial charge is 0.407 e. The van der Waals surface area contributed by atoms with Crippen LogP contribution in [-0.2, 0) is 13.5 Å². The zero-order chi connectivity index (χ0) is 27.5. The summed E-state index contributed by atoms with van der Waals surface area (Å²) in [6.07, 6.45) is 4.51. The van der Waals surface area contributed by atoms with Crippen molar-refractivity contribution in [3.05, 3.63) is 65.7 Å². The van der Waals surface area contributed by atoms with Gasteiger partial charge < -0.3 is 20.6 Å². The summed E-state index contributed by atoms with van der Waals surface area (Å²) in [5.41, 5.74) is 1.53. The van der Waals surface area contributed by atoms with Crippen molar-refractivity contribution in [1.29, 1.82) is 0 Å². The van der Waals surface area contributed by atoms with Crippen molar-refractivity contribution in [1.82, 2.24) is 25.0 Å². The Balaban J connectivity index is 1.57. The Morgan fingerprint density at radius 2 is 2.00 bits per heavy atom. The summed E-state index contributed by atoms with van der Waals surface area (Å²) in [5, 5.41) is 20.3. The van der Waals surface area contributed by atoms with Crippen LogP contribution in [-0.4, -0.2) is 61.9 Å². The minimum absolute atomic E-state index is 0.189. The first-order valence-electron chi connectivity index (χ1n) is 12.8. The number of benzene rings is 1. The second-order valence-electron chi connectivity index (χ2n) is 10.8. The van der Waals surface area contributed by atoms with E-state index >= 15 is 0 Å². The topological polar surface area (TPSA) is 112 Å². The van der Waals surface area contributed by atoms with E-state index in [4.69, 9.17) is 4.98 Å². The van der Waals surface area contributed by atoms with E-state index in [1.165, 1.54) is 17.0 Å². The van der Waals surface area contributed by atoms with Gasteiger partial charge in [0.1, 0.15) is 11.6 Å². The summed E-state index contributed by atoms with van der Waals surface area (Å²) in [6.45, 7) is 7.08. The van der Waals surface area contributed by atoms with Crippen molar-refractivity contribution in [3.8, 4) is 11.3 Å². The highest BCUT2D eigenvalue weighted by atomic mass is 19.1. The van der Waals surface area contributed by atoms with Crippen LogP contribution < -0.4 is 10.6 Å². The van der Waals surface area contributed by atoms with E-state index in [0.29, 0.717) is 43.0 Å². The predicted octanol–water partition coefficient (Wildman–Crippen LogP) is 4.56. The van der Waals surface area contributed by atoms with Crippen LogP contribution in [0.15, 0.2) is 48.8 Å². The Kier molecular flexibility index (Phi) is 7.71. The van der Waals surface area contributed by atoms with Crippen LogP contribution in [0.5, 0.6) is 0 Å². The van der Waals surface area contributed by atoms with Crippen LogP contribution in [0.4, 0.5) is 15.0 Å². The molecule has 9 nitrogen and oxygen atoms in total. The summed E-state index contributed by atoms with van der Waals surface area (Å²) < 4.78 is 15.3. The van der Waals surface area contributed by atoms with Gasteiger partial charge in [-0.05, 0) is 54.5 Å². The molecule has 0 unspecified atom stereocenters. The highest BCUT2D eigenvalue weighted by Crippen LogP contribution is 2.43. The zero-order valence-corrected chi connectivity index (χ0v) is 22.3. The number of nitrogens with zero attached hydrogens (tertiary/aromatic N) is 4. The molecule has 38 heavy (non-hydrogen) atoms. The van der Waals surface area contributed by atoms with Gasteiger partial charge in [-0.3, -0.25) is 9.48 Å². The Labute approximate surface area is 222 Å². The molecule has 0 spiro atoms. The van der Waals surface area contributed by atoms with E-state index in [1.54, 1.807) is 29.1 Å². The maximum Gasteiger partial charge on any atom is 0.407 e. The van der Waals surface area contributed by atoms with Crippen molar-refractivity contribution in [2.24, 2.45) is 12.5 Å². The van der Waals surface area contributed by atoms with Gasteiger partial charge in [-0.2, -0.15) is 5.10 Å². The number of halogens is 1. The van der Waals surface area contributed by atoms with Gasteiger partial charge in [0, 0.05) is 38.4 Å². The minimum Gasteiger partial charge on any atom is -0.465 e. The van der Waals surface area contributed by atoms with Gasteiger partial charge in [0.25, 0.3) is 5.91 Å². The lowest BCUT2D eigenvalue weighted by atomic mass is 9.71. The molecule has 2 amide bonds. The number of hydrogen-bond acceptors (Lipinski definition) is 5. The van der Waals surface area contributed by atoms with E-state index in [2.05, 4.69) is 15.7 Å². The number of rotatable bonds is 8. The van der Waals surface area contributed by atoms with Crippen molar-refractivity contribution < 1.29 is 19.1 Å². The second kappa shape index (κ2) is 10.8. The molecule has 1 fully saturated rings. The molecule has 0 saturated carbocycles. The molecule has 1 saturated heterocycles. The molecule has 3 N–H and O–H groups in total. The number of carbonyl (C=O) groups excluding carboxylic acids is 1. The molecular weight excluding hydrogens is 487 g/mol. The molecule has 202 valence electrons. The average molecular weight is 523 g/mol. The first-order chi connectivity index (χ1) is 18.0. The monoisotopic (exact) mass is 522 g/mol. The van der Waals surface area contributed by atoms with Crippen LogP contribution in [0.3, 0.4) is 0 Å². The normalized spacial score (nSPS) is 17.4. The Morgan fingerprint density at radius 3 is 2.66 bits per heavy atom. The minimum atomic E-state index is -0.978. The molecule has 4 rings (SSSR count). The third-order valence-corrected chi connectivity index (χ3v) is 7.39. The standard InChI is InChI=1S/C28H35FN6O3/c1-27(2,3)28(12-6-14-35(28)26(37)38)18-31-25(36)22-9-10-23(20-16-32-34(4)17-20)33-24(22)30-13-11-19-7-5-8-21(29)15-19/h5,7-10,15-17H,6,11-14,18H2,1-4H3,(H,30,33)(H,31,36)(H,37,38)/t28-/m1/s1. The van der Waals surface area contributed by atoms with Crippen molar-refractivity contribution in [3.63, 3.8) is 0 Å². The lowest BCUT2D eigenvalue weighted by Gasteiger charge is -2.47. The number of likely N-dealkylation sites (tertiary alicyclic amines) is 1. The Bertz CT molecular complexity index is 1320. The fraction of sp³-hybridized carbons (Fsp3) is 0.429. The van der Waals surface area contributed by atoms with Crippen LogP contribution in [0.1, 0.15) is 49.5 Å². The number of aromatic nitrogens is 3. The third-order valence-electron chi connectivity index (χ3n) is 7.39. The maximum absolute atomic E-state index is 13.6. The highest BCUT2D eigenvalue weighted by Gasteiger charge is 2.51. The molecule has 2 aromatic heterocycles. The molecule has 0 aliphatic carbocycles. The quantitative estimate of drug-likeness (QED) is 0.400. The highest BCUT2D eigenvalue weighted by molar-refractivity contribution is 5.99. The molecule has 3 aromatic rings. The maximum atomic E-state index is 13.6. The molecule has 1 aromatic carbocycles. The molecule has 1 aliphatic heterocycles. The summed E-state index contributed by atoms with van der Waals surface area (Å²) in [7, 11) is 1.82. The van der Waals surface area contributed by atoms with Crippen molar-refractivity contribution in [2.75, 3.05) is 25.0 Å². The number of anilines is 1. The van der Waals surface area contributed by atoms with E-state index in [9.17, 15) is 19.1 Å². The van der Waals surface area contributed by atoms with Gasteiger partial charge in [-0.25, -0.2) is 14.2 Å². The SMILES string of the molecule is Cn1cc(-c2ccc(C(=O)NC[C@@]3(C(C)(C)C)CCCN3C(=O)O)c(NCCc3cccc(F)c3)n2)cn1. The van der Waals surface area contributed by atoms with E-state index in [0.717, 1.165) is 17.5 Å². The first-order valence-corrected chi connectivity index (χ1v) is 12.8. The number of pyridine rings is 1. The number of nitrogens with one attached hydrogen (secondary N) is 2. The zero-order valence-electron chi connectivity index (χ0n) is 22.3. The molecule has 0 bridgehead atoms. The van der Waals surface area contributed by atoms with Crippen LogP contribution in [0.2, 0.25) is 0 Å². The summed E-state index contributed by atoms with van der Waals surface area (Å²) in [5.74, 6) is -0.245. The van der Waals surface area contributed by atoms with Crippen molar-refractivity contribution >= 4 is 17.8 Å². The largest absolute Gasteiger partial charge is 0.465 e. The predicted molar refractivity (Wildman–Crippen MR) is 144 cm³/mol. The first kappa shape index (κ1) is 27.1. The number of aryl methyl sites for hydroxylation is 1. The number of carboxylic acid groups (broad SMARTS) is 1. The third kappa shape index (κ3) is 5.64. The number of hydrogen-bond donors (Lipinski definition) is 3. The van der Waals surface area contributed by atoms with Crippen LogP contribution in [0, 0.1) is 11.2 Å². The van der Waals surface area contributed by atoms with Crippen LogP contribution in [0.25, 0.3) is 11.3 Å². The van der Waals surface area contributed by atoms with Crippen molar-refractivity contribution in [2.45, 2.75) is 45.6 Å². The molecule has 0 radical (unpaired) electrons. The molecule has 1 aliphatic rings. The Morgan fingerprint density at radius 1 is 1.21 bits per heavy atom. The van der Waals surface area contributed by atoms with Gasteiger partial charge in [-0.15, -0.1) is 0 Å². The molecule has 1 atom stereocenters. The van der Waals surface area contributed by atoms with Gasteiger partial charge >= 0.3 is 6.09 Å². The fourth-order valence-electron chi connectivity index (χ4n) is 5.22. The van der Waals surface area contributed by atoms with Crippen LogP contribution >= 0.6 is 0 Å². The van der Waals surface area contributed by atoms with Gasteiger partial charge in [0.05, 0.1) is 23.0 Å². The number of amides is 2. The van der Waals surface area contributed by atoms with E-state index < -0.39 is 11.6 Å². The van der Waals surface area contributed by atoms with Gasteiger partial charge in [0.15, 0.2) is 0 Å². The lowest BCUT2D eigenvalue weighted by Crippen LogP contribution is -2.61. The van der Waals surface area contributed by atoms with E-state index in [1.807, 2.05) is 40.1 Å². The van der Waals surface area contributed by atoms with Gasteiger partial charge in [0.2, 0.25) is 0 Å². The average Bonchev–Trinajstić information content (AvgIpc) is 3.49. The molecule has 10 heteroatoms. The Hall–Kier alpha value is -3.95. The summed E-state index contributed by atoms with van der Waals surface area (Å²) >= 11 is 0. The lowest BCUT2D eigenvalue weighted by molar-refractivity contribution is 0.0300. The van der Waals surface area contributed by atoms with Gasteiger partial charge in [-0.1, -0.05) is 32.9 Å². The summed E-state index contributed by atoms with van der Waals surface area (Å²) in [4.78, 5) is 31.7. The second-order valence-corrected chi connectivity index (χ2v) is 10.8. The molecule has 3 heterocycles. The molecular formula is C28H35FN6O3. The number of carbonyl (C=O) groups is 2. The van der Waals surface area contributed by atoms with E-state index in [-0.39, 0.29) is 23.7 Å². The summed E-state index contributed by atoms with van der Waals surface area (Å²) in [6, 6.07) is 9.87.